The zero-order valence-electron chi connectivity index (χ0n) is 11.5. The summed E-state index contributed by atoms with van der Waals surface area (Å²) in [6.07, 6.45) is 0. The number of aliphatic carboxylic acids is 1. The molecule has 1 aliphatic heterocycles. The molecular weight excluding hydrogens is 343 g/mol. The van der Waals surface area contributed by atoms with Crippen LogP contribution < -0.4 is 5.01 Å². The lowest BCUT2D eigenvalue weighted by Gasteiger charge is -2.26. The van der Waals surface area contributed by atoms with Gasteiger partial charge in [-0.05, 0) is 24.3 Å². The van der Waals surface area contributed by atoms with E-state index in [-0.39, 0.29) is 17.7 Å². The first-order chi connectivity index (χ1) is 10.5. The van der Waals surface area contributed by atoms with Crippen molar-refractivity contribution >= 4 is 51.9 Å². The summed E-state index contributed by atoms with van der Waals surface area (Å²) in [6, 6.07) is 10.7. The van der Waals surface area contributed by atoms with Crippen LogP contribution in [-0.4, -0.2) is 16.8 Å². The van der Waals surface area contributed by atoms with Crippen molar-refractivity contribution in [3.8, 4) is 0 Å². The van der Waals surface area contributed by atoms with Gasteiger partial charge in [-0.3, -0.25) is 5.01 Å². The molecule has 0 amide bonds. The number of carboxylic acid groups (broad SMARTS) is 1. The van der Waals surface area contributed by atoms with Gasteiger partial charge in [-0.15, -0.1) is 11.3 Å². The van der Waals surface area contributed by atoms with Crippen LogP contribution in [0.15, 0.2) is 41.5 Å². The molecule has 1 aromatic heterocycles. The Hall–Kier alpha value is -1.56. The number of hydrogen-bond donors (Lipinski definition) is 1. The predicted molar refractivity (Wildman–Crippen MR) is 90.2 cm³/mol. The Balaban J connectivity index is 2.10. The molecule has 2 atom stereocenters. The van der Waals surface area contributed by atoms with Gasteiger partial charge in [-0.2, -0.15) is 5.10 Å². The van der Waals surface area contributed by atoms with Crippen LogP contribution >= 0.6 is 34.5 Å². The van der Waals surface area contributed by atoms with Gasteiger partial charge in [-0.1, -0.05) is 42.3 Å². The molecule has 2 heterocycles. The number of halogens is 2. The van der Waals surface area contributed by atoms with Crippen LogP contribution in [0.25, 0.3) is 0 Å². The number of carbonyl (C=O) groups is 1. The first kappa shape index (κ1) is 15.3. The van der Waals surface area contributed by atoms with Gasteiger partial charge in [0.2, 0.25) is 0 Å². The molecule has 4 nitrogen and oxygen atoms in total. The molecule has 1 aliphatic rings. The van der Waals surface area contributed by atoms with Crippen LogP contribution in [0.5, 0.6) is 0 Å². The maximum atomic E-state index is 11.4. The molecule has 0 fully saturated rings. The monoisotopic (exact) mass is 354 g/mol. The molecule has 2 unspecified atom stereocenters. The van der Waals surface area contributed by atoms with Gasteiger partial charge < -0.3 is 5.11 Å². The number of rotatable bonds is 3. The largest absolute Gasteiger partial charge is 0.477 e. The summed E-state index contributed by atoms with van der Waals surface area (Å²) in [4.78, 5) is 12.4. The molecule has 2 aromatic rings. The van der Waals surface area contributed by atoms with Gasteiger partial charge >= 0.3 is 5.97 Å². The van der Waals surface area contributed by atoms with Gasteiger partial charge in [0.1, 0.15) is 0 Å². The molecule has 7 heteroatoms. The van der Waals surface area contributed by atoms with Gasteiger partial charge in [0, 0.05) is 10.8 Å². The summed E-state index contributed by atoms with van der Waals surface area (Å²) in [5.41, 5.74) is 0.802. The topological polar surface area (TPSA) is 52.9 Å². The highest BCUT2D eigenvalue weighted by molar-refractivity contribution is 7.16. The van der Waals surface area contributed by atoms with Crippen LogP contribution in [0.4, 0.5) is 5.69 Å². The lowest BCUT2D eigenvalue weighted by Crippen LogP contribution is -2.25. The number of hydrogen-bond acceptors (Lipinski definition) is 4. The Morgan fingerprint density at radius 2 is 2.00 bits per heavy atom. The van der Waals surface area contributed by atoms with Crippen LogP contribution in [-0.2, 0) is 4.79 Å². The molecule has 114 valence electrons. The van der Waals surface area contributed by atoms with E-state index in [9.17, 15) is 9.90 Å². The van der Waals surface area contributed by atoms with E-state index in [1.807, 2.05) is 31.2 Å². The molecule has 0 saturated carbocycles. The molecule has 0 spiro atoms. The van der Waals surface area contributed by atoms with Crippen molar-refractivity contribution in [2.24, 2.45) is 11.0 Å². The molecule has 0 radical (unpaired) electrons. The minimum atomic E-state index is -1.02. The quantitative estimate of drug-likeness (QED) is 0.869. The van der Waals surface area contributed by atoms with Crippen molar-refractivity contribution in [1.82, 2.24) is 0 Å². The first-order valence-corrected chi connectivity index (χ1v) is 8.17. The Kier molecular flexibility index (Phi) is 4.12. The number of para-hydroxylation sites is 1. The maximum absolute atomic E-state index is 11.4. The highest BCUT2D eigenvalue weighted by Gasteiger charge is 2.40. The fourth-order valence-electron chi connectivity index (χ4n) is 2.56. The van der Waals surface area contributed by atoms with Crippen molar-refractivity contribution in [3.05, 3.63) is 50.6 Å². The van der Waals surface area contributed by atoms with Crippen LogP contribution in [0.2, 0.25) is 9.36 Å². The smallest absolute Gasteiger partial charge is 0.352 e. The Morgan fingerprint density at radius 3 is 2.59 bits per heavy atom. The van der Waals surface area contributed by atoms with E-state index >= 15 is 0 Å². The molecule has 1 N–H and O–H groups in total. The van der Waals surface area contributed by atoms with Crippen molar-refractivity contribution in [1.29, 1.82) is 0 Å². The summed E-state index contributed by atoms with van der Waals surface area (Å²) in [6.45, 7) is 1.85. The number of anilines is 1. The number of thiophene rings is 1. The average molecular weight is 355 g/mol. The van der Waals surface area contributed by atoms with Gasteiger partial charge in [0.25, 0.3) is 0 Å². The summed E-state index contributed by atoms with van der Waals surface area (Å²) in [5.74, 6) is -1.29. The van der Waals surface area contributed by atoms with Gasteiger partial charge in [0.05, 0.1) is 21.1 Å². The van der Waals surface area contributed by atoms with Crippen LogP contribution in [0.3, 0.4) is 0 Å². The van der Waals surface area contributed by atoms with Gasteiger partial charge in [0.15, 0.2) is 5.71 Å². The summed E-state index contributed by atoms with van der Waals surface area (Å²) in [7, 11) is 0. The van der Waals surface area contributed by atoms with Crippen LogP contribution in [0.1, 0.15) is 17.8 Å². The fraction of sp³-hybridized carbons (Fsp3) is 0.200. The first-order valence-electron chi connectivity index (χ1n) is 6.60. The second-order valence-electron chi connectivity index (χ2n) is 4.96. The fourth-order valence-corrected chi connectivity index (χ4v) is 4.04. The summed E-state index contributed by atoms with van der Waals surface area (Å²) >= 11 is 13.7. The summed E-state index contributed by atoms with van der Waals surface area (Å²) in [5, 5.41) is 15.9. The Labute approximate surface area is 141 Å². The zero-order chi connectivity index (χ0) is 15.9. The van der Waals surface area contributed by atoms with E-state index < -0.39 is 5.97 Å². The van der Waals surface area contributed by atoms with Crippen molar-refractivity contribution < 1.29 is 9.90 Å². The Morgan fingerprint density at radius 1 is 1.27 bits per heavy atom. The lowest BCUT2D eigenvalue weighted by molar-refractivity contribution is -0.129. The number of nitrogens with zero attached hydrogens (tertiary/aromatic N) is 2. The third-order valence-corrected chi connectivity index (χ3v) is 5.21. The lowest BCUT2D eigenvalue weighted by atomic mass is 9.96. The number of carboxylic acids is 1. The maximum Gasteiger partial charge on any atom is 0.352 e. The molecule has 0 bridgehead atoms. The van der Waals surface area contributed by atoms with Crippen LogP contribution in [0, 0.1) is 5.92 Å². The van der Waals surface area contributed by atoms with E-state index in [0.717, 1.165) is 4.88 Å². The number of benzene rings is 1. The van der Waals surface area contributed by atoms with E-state index in [4.69, 9.17) is 23.2 Å². The normalized spacial score (nSPS) is 21.0. The second kappa shape index (κ2) is 5.91. The van der Waals surface area contributed by atoms with Crippen molar-refractivity contribution in [2.45, 2.75) is 13.0 Å². The minimum absolute atomic E-state index is 0.120. The highest BCUT2D eigenvalue weighted by Crippen LogP contribution is 2.44. The minimum Gasteiger partial charge on any atom is -0.477 e. The zero-order valence-corrected chi connectivity index (χ0v) is 13.9. The second-order valence-corrected chi connectivity index (χ2v) is 7.12. The molecule has 3 rings (SSSR count). The predicted octanol–water partition coefficient (Wildman–Crippen LogP) is 4.69. The summed E-state index contributed by atoms with van der Waals surface area (Å²) < 4.78 is 0.657. The van der Waals surface area contributed by atoms with E-state index in [1.54, 1.807) is 17.1 Å². The van der Waals surface area contributed by atoms with E-state index in [1.165, 1.54) is 11.3 Å². The molecular formula is C15H12Cl2N2O2S. The van der Waals surface area contributed by atoms with Crippen molar-refractivity contribution in [3.63, 3.8) is 0 Å². The van der Waals surface area contributed by atoms with E-state index in [0.29, 0.717) is 15.0 Å². The van der Waals surface area contributed by atoms with Gasteiger partial charge in [-0.25, -0.2) is 4.79 Å². The van der Waals surface area contributed by atoms with Crippen molar-refractivity contribution in [2.75, 3.05) is 5.01 Å². The molecule has 0 aliphatic carbocycles. The standard InChI is InChI=1S/C15H12Cl2N2O2S/c1-8-13(15(20)21)18-19(10-5-3-2-4-9(10)16)14(8)11-6-7-12(17)22-11/h2-8,14H,1H3,(H,20,21). The average Bonchev–Trinajstić information content (AvgIpc) is 3.03. The highest BCUT2D eigenvalue weighted by atomic mass is 35.5. The molecule has 0 saturated heterocycles. The number of hydrazone groups is 1. The third-order valence-electron chi connectivity index (χ3n) is 3.59. The SMILES string of the molecule is CC1C(C(=O)O)=NN(c2ccccc2Cl)C1c1ccc(Cl)s1. The third kappa shape index (κ3) is 2.60. The molecule has 22 heavy (non-hydrogen) atoms. The Bertz CT molecular complexity index is 760. The molecule has 1 aromatic carbocycles. The van der Waals surface area contributed by atoms with E-state index in [2.05, 4.69) is 5.10 Å².